The molecule has 24 heavy (non-hydrogen) atoms. The highest BCUT2D eigenvalue weighted by molar-refractivity contribution is 7.89. The lowest BCUT2D eigenvalue weighted by molar-refractivity contribution is 0.262. The summed E-state index contributed by atoms with van der Waals surface area (Å²) in [5, 5.41) is 11.5. The zero-order chi connectivity index (χ0) is 17.0. The Bertz CT molecular complexity index is 798. The van der Waals surface area contributed by atoms with Crippen LogP contribution in [0.5, 0.6) is 0 Å². The molecule has 0 saturated carbocycles. The van der Waals surface area contributed by atoms with Crippen molar-refractivity contribution in [2.75, 3.05) is 23.7 Å². The minimum Gasteiger partial charge on any atom is -0.306 e. The normalized spacial score (nSPS) is 15.8. The van der Waals surface area contributed by atoms with Gasteiger partial charge in [-0.1, -0.05) is 18.6 Å². The third-order valence-electron chi connectivity index (χ3n) is 3.82. The molecule has 1 aliphatic heterocycles. The number of carbonyl (C=O) groups is 1. The van der Waals surface area contributed by atoms with Gasteiger partial charge >= 0.3 is 6.03 Å². The maximum atomic E-state index is 12.8. The Morgan fingerprint density at radius 2 is 1.88 bits per heavy atom. The van der Waals surface area contributed by atoms with E-state index in [2.05, 4.69) is 20.8 Å². The SMILES string of the molecule is O=C(Nc1cn[nH]c1)Nc1ccccc1S(=O)(=O)N1CCCCC1. The van der Waals surface area contributed by atoms with Crippen molar-refractivity contribution in [1.82, 2.24) is 14.5 Å². The molecule has 0 atom stereocenters. The second-order valence-electron chi connectivity index (χ2n) is 5.53. The summed E-state index contributed by atoms with van der Waals surface area (Å²) in [6.45, 7) is 1.02. The van der Waals surface area contributed by atoms with Crippen LogP contribution >= 0.6 is 0 Å². The van der Waals surface area contributed by atoms with Crippen molar-refractivity contribution in [3.8, 4) is 0 Å². The molecule has 8 nitrogen and oxygen atoms in total. The number of hydrogen-bond donors (Lipinski definition) is 3. The lowest BCUT2D eigenvalue weighted by Crippen LogP contribution is -2.36. The van der Waals surface area contributed by atoms with Gasteiger partial charge in [-0.25, -0.2) is 13.2 Å². The van der Waals surface area contributed by atoms with Gasteiger partial charge in [0.25, 0.3) is 0 Å². The van der Waals surface area contributed by atoms with Crippen molar-refractivity contribution in [3.05, 3.63) is 36.7 Å². The van der Waals surface area contributed by atoms with E-state index in [0.29, 0.717) is 18.8 Å². The first kappa shape index (κ1) is 16.5. The zero-order valence-corrected chi connectivity index (χ0v) is 13.8. The van der Waals surface area contributed by atoms with Crippen LogP contribution < -0.4 is 10.6 Å². The van der Waals surface area contributed by atoms with E-state index in [0.717, 1.165) is 19.3 Å². The molecule has 0 bridgehead atoms. The van der Waals surface area contributed by atoms with Gasteiger partial charge in [-0.15, -0.1) is 0 Å². The average Bonchev–Trinajstić information content (AvgIpc) is 3.09. The highest BCUT2D eigenvalue weighted by Crippen LogP contribution is 2.26. The minimum absolute atomic E-state index is 0.106. The second kappa shape index (κ2) is 7.02. The molecule has 0 radical (unpaired) electrons. The Hall–Kier alpha value is -2.39. The molecule has 0 aliphatic carbocycles. The molecule has 1 aliphatic rings. The number of para-hydroxylation sites is 1. The van der Waals surface area contributed by atoms with Gasteiger partial charge in [0.1, 0.15) is 4.90 Å². The Balaban J connectivity index is 1.81. The summed E-state index contributed by atoms with van der Waals surface area (Å²) in [6.07, 6.45) is 5.73. The first-order chi connectivity index (χ1) is 11.6. The number of anilines is 2. The number of amides is 2. The molecule has 2 amide bonds. The first-order valence-corrected chi connectivity index (χ1v) is 9.17. The lowest BCUT2D eigenvalue weighted by Gasteiger charge is -2.26. The Kier molecular flexibility index (Phi) is 4.81. The van der Waals surface area contributed by atoms with Crippen LogP contribution in [-0.4, -0.2) is 42.0 Å². The van der Waals surface area contributed by atoms with E-state index in [1.807, 2.05) is 0 Å². The number of piperidine rings is 1. The highest BCUT2D eigenvalue weighted by Gasteiger charge is 2.28. The molecular formula is C15H19N5O3S. The lowest BCUT2D eigenvalue weighted by atomic mass is 10.2. The summed E-state index contributed by atoms with van der Waals surface area (Å²) in [7, 11) is -3.63. The summed E-state index contributed by atoms with van der Waals surface area (Å²) in [6, 6.07) is 5.89. The molecule has 0 spiro atoms. The fourth-order valence-corrected chi connectivity index (χ4v) is 4.31. The van der Waals surface area contributed by atoms with E-state index < -0.39 is 16.1 Å². The van der Waals surface area contributed by atoms with Gasteiger partial charge in [0.15, 0.2) is 0 Å². The minimum atomic E-state index is -3.63. The number of hydrogen-bond acceptors (Lipinski definition) is 4. The van der Waals surface area contributed by atoms with Crippen LogP contribution in [0.2, 0.25) is 0 Å². The van der Waals surface area contributed by atoms with E-state index in [1.165, 1.54) is 22.8 Å². The van der Waals surface area contributed by atoms with E-state index in [4.69, 9.17) is 0 Å². The maximum Gasteiger partial charge on any atom is 0.323 e. The third kappa shape index (κ3) is 3.57. The van der Waals surface area contributed by atoms with Crippen LogP contribution in [0, 0.1) is 0 Å². The quantitative estimate of drug-likeness (QED) is 0.786. The topological polar surface area (TPSA) is 107 Å². The largest absolute Gasteiger partial charge is 0.323 e. The summed E-state index contributed by atoms with van der Waals surface area (Å²) in [5.74, 6) is 0. The first-order valence-electron chi connectivity index (χ1n) is 7.73. The molecule has 2 heterocycles. The van der Waals surface area contributed by atoms with E-state index in [9.17, 15) is 13.2 Å². The summed E-state index contributed by atoms with van der Waals surface area (Å²) >= 11 is 0. The highest BCUT2D eigenvalue weighted by atomic mass is 32.2. The van der Waals surface area contributed by atoms with Gasteiger partial charge in [0.05, 0.1) is 17.6 Å². The Labute approximate surface area is 140 Å². The van der Waals surface area contributed by atoms with E-state index >= 15 is 0 Å². The zero-order valence-electron chi connectivity index (χ0n) is 13.0. The molecule has 9 heteroatoms. The molecular weight excluding hydrogens is 330 g/mol. The molecule has 1 fully saturated rings. The van der Waals surface area contributed by atoms with Crippen LogP contribution in [0.25, 0.3) is 0 Å². The molecule has 2 aromatic rings. The smallest absolute Gasteiger partial charge is 0.306 e. The Morgan fingerprint density at radius 3 is 2.58 bits per heavy atom. The summed E-state index contributed by atoms with van der Waals surface area (Å²) in [5.41, 5.74) is 0.743. The Morgan fingerprint density at radius 1 is 1.12 bits per heavy atom. The number of rotatable bonds is 4. The maximum absolute atomic E-state index is 12.8. The molecule has 128 valence electrons. The fourth-order valence-electron chi connectivity index (χ4n) is 2.64. The number of sulfonamides is 1. The second-order valence-corrected chi connectivity index (χ2v) is 7.43. The van der Waals surface area contributed by atoms with Crippen molar-refractivity contribution < 1.29 is 13.2 Å². The monoisotopic (exact) mass is 349 g/mol. The van der Waals surface area contributed by atoms with E-state index in [-0.39, 0.29) is 10.6 Å². The van der Waals surface area contributed by atoms with Gasteiger partial charge in [0, 0.05) is 19.3 Å². The molecule has 0 unspecified atom stereocenters. The molecule has 1 aromatic heterocycles. The van der Waals surface area contributed by atoms with Crippen molar-refractivity contribution >= 4 is 27.4 Å². The molecule has 3 N–H and O–H groups in total. The van der Waals surface area contributed by atoms with Crippen molar-refractivity contribution in [3.63, 3.8) is 0 Å². The number of nitrogens with one attached hydrogen (secondary N) is 3. The van der Waals surface area contributed by atoms with Crippen LogP contribution in [0.1, 0.15) is 19.3 Å². The van der Waals surface area contributed by atoms with Crippen LogP contribution in [0.4, 0.5) is 16.2 Å². The number of urea groups is 1. The van der Waals surface area contributed by atoms with Gasteiger partial charge in [-0.05, 0) is 25.0 Å². The number of benzene rings is 1. The van der Waals surface area contributed by atoms with Crippen molar-refractivity contribution in [2.45, 2.75) is 24.2 Å². The number of aromatic nitrogens is 2. The standard InChI is InChI=1S/C15H19N5O3S/c21-15(18-12-10-16-17-11-12)19-13-6-2-3-7-14(13)24(22,23)20-8-4-1-5-9-20/h2-3,6-7,10-11H,1,4-5,8-9H2,(H,16,17)(H2,18,19,21). The molecule has 3 rings (SSSR count). The van der Waals surface area contributed by atoms with Crippen LogP contribution in [0.15, 0.2) is 41.6 Å². The van der Waals surface area contributed by atoms with Crippen molar-refractivity contribution in [2.24, 2.45) is 0 Å². The van der Waals surface area contributed by atoms with Gasteiger partial charge < -0.3 is 10.6 Å². The van der Waals surface area contributed by atoms with Gasteiger partial charge in [-0.3, -0.25) is 5.10 Å². The number of nitrogens with zero attached hydrogens (tertiary/aromatic N) is 2. The number of H-pyrrole nitrogens is 1. The number of carbonyl (C=O) groups excluding carboxylic acids is 1. The molecule has 1 saturated heterocycles. The molecule has 1 aromatic carbocycles. The average molecular weight is 349 g/mol. The summed E-state index contributed by atoms with van der Waals surface area (Å²) in [4.78, 5) is 12.2. The van der Waals surface area contributed by atoms with Crippen LogP contribution in [-0.2, 0) is 10.0 Å². The van der Waals surface area contributed by atoms with E-state index in [1.54, 1.807) is 18.2 Å². The third-order valence-corrected chi connectivity index (χ3v) is 5.78. The predicted molar refractivity (Wildman–Crippen MR) is 90.3 cm³/mol. The number of aromatic amines is 1. The van der Waals surface area contributed by atoms with Gasteiger partial charge in [0.2, 0.25) is 10.0 Å². The van der Waals surface area contributed by atoms with Crippen LogP contribution in [0.3, 0.4) is 0 Å². The fraction of sp³-hybridized carbons (Fsp3) is 0.333. The summed E-state index contributed by atoms with van der Waals surface area (Å²) < 4.78 is 27.2. The predicted octanol–water partition coefficient (Wildman–Crippen LogP) is 2.23. The van der Waals surface area contributed by atoms with Gasteiger partial charge in [-0.2, -0.15) is 9.40 Å². The van der Waals surface area contributed by atoms with Crippen molar-refractivity contribution in [1.29, 1.82) is 0 Å².